The van der Waals surface area contributed by atoms with E-state index in [1.165, 1.54) is 10.7 Å². The van der Waals surface area contributed by atoms with E-state index in [1.54, 1.807) is 6.92 Å². The molecule has 2 aromatic rings. The number of aromatic nitrogens is 2. The molecule has 1 heterocycles. The minimum atomic E-state index is -1.05. The summed E-state index contributed by atoms with van der Waals surface area (Å²) in [5.41, 5.74) is 4.74. The molecule has 0 aliphatic carbocycles. The average molecular weight is 317 g/mol. The maximum Gasteiger partial charge on any atom is 0.269 e. The average Bonchev–Trinajstić information content (AvgIpc) is 2.89. The molecule has 0 saturated heterocycles. The summed E-state index contributed by atoms with van der Waals surface area (Å²) in [6.45, 7) is 7.57. The minimum Gasteiger partial charge on any atom is -0.474 e. The summed E-state index contributed by atoms with van der Waals surface area (Å²) in [6.07, 6.45) is 0. The number of nitrogens with two attached hydrogens (primary N) is 1. The summed E-state index contributed by atoms with van der Waals surface area (Å²) in [7, 11) is 0. The zero-order valence-corrected chi connectivity index (χ0v) is 13.9. The van der Waals surface area contributed by atoms with Gasteiger partial charge in [-0.1, -0.05) is 39.0 Å². The highest BCUT2D eigenvalue weighted by molar-refractivity contribution is 5.91. The number of nitrogens with zero attached hydrogens (tertiary/aromatic N) is 2. The summed E-state index contributed by atoms with van der Waals surface area (Å²) in [5.74, 6) is -0.276. The molecule has 6 heteroatoms. The van der Waals surface area contributed by atoms with E-state index in [1.807, 2.05) is 51.1 Å². The Morgan fingerprint density at radius 2 is 1.87 bits per heavy atom. The molecular formula is C17H23N3O3. The van der Waals surface area contributed by atoms with Crippen LogP contribution in [0.15, 0.2) is 36.4 Å². The maximum absolute atomic E-state index is 11.4. The summed E-state index contributed by atoms with van der Waals surface area (Å²) in [4.78, 5) is 11.4. The Kier molecular flexibility index (Phi) is 4.47. The highest BCUT2D eigenvalue weighted by Crippen LogP contribution is 2.31. The molecule has 1 aromatic carbocycles. The number of carbonyl (C=O) groups excluding carboxylic acids is 1. The summed E-state index contributed by atoms with van der Waals surface area (Å²) in [5, 5.41) is 14.7. The third kappa shape index (κ3) is 3.71. The van der Waals surface area contributed by atoms with Gasteiger partial charge in [-0.25, -0.2) is 4.68 Å². The molecule has 3 N–H and O–H groups in total. The summed E-state index contributed by atoms with van der Waals surface area (Å²) < 4.78 is 7.26. The Balaban J connectivity index is 2.33. The Bertz CT molecular complexity index is 685. The number of rotatable bonds is 5. The normalized spacial score (nSPS) is 14.3. The van der Waals surface area contributed by atoms with Crippen LogP contribution in [0.25, 0.3) is 5.69 Å². The molecule has 124 valence electrons. The second-order valence-electron chi connectivity index (χ2n) is 6.79. The van der Waals surface area contributed by atoms with Gasteiger partial charge in [-0.15, -0.1) is 0 Å². The van der Waals surface area contributed by atoms with E-state index >= 15 is 0 Å². The first-order valence-corrected chi connectivity index (χ1v) is 7.42. The van der Waals surface area contributed by atoms with Crippen molar-refractivity contribution >= 4 is 5.91 Å². The van der Waals surface area contributed by atoms with Crippen molar-refractivity contribution < 1.29 is 14.6 Å². The SMILES string of the molecule is CC(C)(C)[C@](C)(O)COc1cc(C(N)=O)nn1-c1ccccc1. The third-order valence-corrected chi connectivity index (χ3v) is 4.05. The number of aliphatic hydroxyl groups is 1. The first-order chi connectivity index (χ1) is 10.6. The second kappa shape index (κ2) is 6.04. The topological polar surface area (TPSA) is 90.4 Å². The lowest BCUT2D eigenvalue weighted by Crippen LogP contribution is -2.45. The second-order valence-corrected chi connectivity index (χ2v) is 6.79. The van der Waals surface area contributed by atoms with E-state index < -0.39 is 11.5 Å². The van der Waals surface area contributed by atoms with Crippen LogP contribution in [0.1, 0.15) is 38.2 Å². The van der Waals surface area contributed by atoms with Crippen LogP contribution in [-0.2, 0) is 0 Å². The van der Waals surface area contributed by atoms with Crippen molar-refractivity contribution in [2.24, 2.45) is 11.1 Å². The number of benzene rings is 1. The molecule has 1 atom stereocenters. The summed E-state index contributed by atoms with van der Waals surface area (Å²) in [6, 6.07) is 10.8. The molecule has 0 aliphatic heterocycles. The van der Waals surface area contributed by atoms with E-state index in [0.29, 0.717) is 5.88 Å². The van der Waals surface area contributed by atoms with Crippen molar-refractivity contribution in [3.8, 4) is 11.6 Å². The van der Waals surface area contributed by atoms with Crippen molar-refractivity contribution in [3.05, 3.63) is 42.1 Å². The highest BCUT2D eigenvalue weighted by atomic mass is 16.5. The molecule has 0 bridgehead atoms. The molecule has 0 spiro atoms. The van der Waals surface area contributed by atoms with Crippen LogP contribution < -0.4 is 10.5 Å². The first-order valence-electron chi connectivity index (χ1n) is 7.42. The van der Waals surface area contributed by atoms with Crippen LogP contribution in [0.3, 0.4) is 0 Å². The number of carbonyl (C=O) groups is 1. The molecule has 6 nitrogen and oxygen atoms in total. The van der Waals surface area contributed by atoms with Crippen LogP contribution >= 0.6 is 0 Å². The molecule has 0 aliphatic rings. The van der Waals surface area contributed by atoms with Gasteiger partial charge in [-0.2, -0.15) is 5.10 Å². The fourth-order valence-corrected chi connectivity index (χ4v) is 1.77. The van der Waals surface area contributed by atoms with Crippen LogP contribution in [0.4, 0.5) is 0 Å². The van der Waals surface area contributed by atoms with Crippen molar-refractivity contribution in [2.45, 2.75) is 33.3 Å². The lowest BCUT2D eigenvalue weighted by Gasteiger charge is -2.36. The van der Waals surface area contributed by atoms with Gasteiger partial charge in [0.1, 0.15) is 12.2 Å². The Labute approximate surface area is 135 Å². The zero-order chi connectivity index (χ0) is 17.3. The van der Waals surface area contributed by atoms with Crippen molar-refractivity contribution in [1.82, 2.24) is 9.78 Å². The number of hydrogen-bond acceptors (Lipinski definition) is 4. The van der Waals surface area contributed by atoms with Gasteiger partial charge in [0, 0.05) is 6.07 Å². The lowest BCUT2D eigenvalue weighted by atomic mass is 9.78. The van der Waals surface area contributed by atoms with E-state index in [-0.39, 0.29) is 17.7 Å². The van der Waals surface area contributed by atoms with Crippen molar-refractivity contribution in [1.29, 1.82) is 0 Å². The number of para-hydroxylation sites is 1. The van der Waals surface area contributed by atoms with Crippen LogP contribution in [0.2, 0.25) is 0 Å². The molecule has 23 heavy (non-hydrogen) atoms. The molecule has 1 amide bonds. The zero-order valence-electron chi connectivity index (χ0n) is 13.9. The van der Waals surface area contributed by atoms with Gasteiger partial charge in [0.15, 0.2) is 5.69 Å². The van der Waals surface area contributed by atoms with E-state index in [4.69, 9.17) is 10.5 Å². The molecule has 1 aromatic heterocycles. The Hall–Kier alpha value is -2.34. The van der Waals surface area contributed by atoms with E-state index in [2.05, 4.69) is 5.10 Å². The Morgan fingerprint density at radius 1 is 1.26 bits per heavy atom. The standard InChI is InChI=1S/C17H23N3O3/c1-16(2,3)17(4,22)11-23-14-10-13(15(18)21)19-20(14)12-8-6-5-7-9-12/h5-10,22H,11H2,1-4H3,(H2,18,21)/t17-/m1/s1. The van der Waals surface area contributed by atoms with Crippen LogP contribution in [0, 0.1) is 5.41 Å². The third-order valence-electron chi connectivity index (χ3n) is 4.05. The predicted molar refractivity (Wildman–Crippen MR) is 87.7 cm³/mol. The highest BCUT2D eigenvalue weighted by Gasteiger charge is 2.36. The molecule has 0 unspecified atom stereocenters. The van der Waals surface area contributed by atoms with Crippen molar-refractivity contribution in [2.75, 3.05) is 6.61 Å². The van der Waals surface area contributed by atoms with Gasteiger partial charge < -0.3 is 15.6 Å². The van der Waals surface area contributed by atoms with Crippen LogP contribution in [0.5, 0.6) is 5.88 Å². The lowest BCUT2D eigenvalue weighted by molar-refractivity contribution is -0.0737. The quantitative estimate of drug-likeness (QED) is 0.884. The smallest absolute Gasteiger partial charge is 0.269 e. The number of primary amides is 1. The van der Waals surface area contributed by atoms with Gasteiger partial charge >= 0.3 is 0 Å². The number of ether oxygens (including phenoxy) is 1. The van der Waals surface area contributed by atoms with Gasteiger partial charge in [0.25, 0.3) is 5.91 Å². The molecule has 0 fully saturated rings. The minimum absolute atomic E-state index is 0.0627. The first kappa shape index (κ1) is 17.0. The van der Waals surface area contributed by atoms with E-state index in [9.17, 15) is 9.90 Å². The van der Waals surface area contributed by atoms with Gasteiger partial charge in [0.2, 0.25) is 5.88 Å². The monoisotopic (exact) mass is 317 g/mol. The largest absolute Gasteiger partial charge is 0.474 e. The Morgan fingerprint density at radius 3 is 2.39 bits per heavy atom. The fraction of sp³-hybridized carbons (Fsp3) is 0.412. The number of amides is 1. The van der Waals surface area contributed by atoms with Gasteiger partial charge in [0.05, 0.1) is 5.69 Å². The summed E-state index contributed by atoms with van der Waals surface area (Å²) >= 11 is 0. The molecule has 2 rings (SSSR count). The van der Waals surface area contributed by atoms with E-state index in [0.717, 1.165) is 5.69 Å². The van der Waals surface area contributed by atoms with Gasteiger partial charge in [-0.3, -0.25) is 4.79 Å². The molecule has 0 radical (unpaired) electrons. The number of hydrogen-bond donors (Lipinski definition) is 2. The van der Waals surface area contributed by atoms with Crippen molar-refractivity contribution in [3.63, 3.8) is 0 Å². The molecule has 0 saturated carbocycles. The fourth-order valence-electron chi connectivity index (χ4n) is 1.77. The molecular weight excluding hydrogens is 294 g/mol. The van der Waals surface area contributed by atoms with Gasteiger partial charge in [-0.05, 0) is 24.5 Å². The predicted octanol–water partition coefficient (Wildman–Crippen LogP) is 2.15. The maximum atomic E-state index is 11.4. The van der Waals surface area contributed by atoms with Crippen LogP contribution in [-0.4, -0.2) is 33.0 Å².